The molecule has 2 heterocycles. The number of nitrogens with zero attached hydrogens (tertiary/aromatic N) is 1. The molecule has 0 radical (unpaired) electrons. The lowest BCUT2D eigenvalue weighted by atomic mass is 10.0. The number of carbonyl (C=O) groups excluding carboxylic acids is 1. The lowest BCUT2D eigenvalue weighted by molar-refractivity contribution is -0.129. The summed E-state index contributed by atoms with van der Waals surface area (Å²) in [5, 5.41) is 0. The minimum Gasteiger partial charge on any atom is -0.454 e. The van der Waals surface area contributed by atoms with Crippen LogP contribution in [-0.4, -0.2) is 18.7 Å². The van der Waals surface area contributed by atoms with E-state index in [1.165, 1.54) is 0 Å². The lowest BCUT2D eigenvalue weighted by Gasteiger charge is -2.01. The molecule has 0 saturated heterocycles. The Balaban J connectivity index is 1.70. The Morgan fingerprint density at radius 1 is 1.04 bits per heavy atom. The standard InChI is InChI=1S/C19H15NO4/c1-11-3-4-12(2)14(7-11)8-15-19(21)24-18(20-15)13-5-6-16-17(9-13)23-10-22-16/h3-9H,10H2,1-2H3/b15-8-. The van der Waals surface area contributed by atoms with E-state index < -0.39 is 5.97 Å². The van der Waals surface area contributed by atoms with E-state index in [0.29, 0.717) is 17.1 Å². The van der Waals surface area contributed by atoms with Gasteiger partial charge in [-0.2, -0.15) is 0 Å². The number of fused-ring (bicyclic) bond motifs is 1. The Kier molecular flexibility index (Phi) is 3.34. The summed E-state index contributed by atoms with van der Waals surface area (Å²) in [4.78, 5) is 16.5. The molecule has 2 aromatic rings. The van der Waals surface area contributed by atoms with E-state index in [4.69, 9.17) is 14.2 Å². The summed E-state index contributed by atoms with van der Waals surface area (Å²) >= 11 is 0. The zero-order valence-electron chi connectivity index (χ0n) is 13.3. The van der Waals surface area contributed by atoms with Gasteiger partial charge in [-0.15, -0.1) is 0 Å². The van der Waals surface area contributed by atoms with E-state index in [1.807, 2.05) is 32.0 Å². The second-order valence-corrected chi connectivity index (χ2v) is 5.76. The van der Waals surface area contributed by atoms with E-state index in [1.54, 1.807) is 24.3 Å². The van der Waals surface area contributed by atoms with Crippen LogP contribution in [0.5, 0.6) is 11.5 Å². The molecule has 2 aliphatic heterocycles. The predicted molar refractivity (Wildman–Crippen MR) is 89.1 cm³/mol. The van der Waals surface area contributed by atoms with Gasteiger partial charge in [0.2, 0.25) is 12.7 Å². The minimum atomic E-state index is -0.455. The van der Waals surface area contributed by atoms with Gasteiger partial charge in [0.15, 0.2) is 17.2 Å². The summed E-state index contributed by atoms with van der Waals surface area (Å²) in [6.07, 6.45) is 1.75. The first-order valence-electron chi connectivity index (χ1n) is 7.60. The fourth-order valence-corrected chi connectivity index (χ4v) is 2.62. The Morgan fingerprint density at radius 2 is 1.88 bits per heavy atom. The van der Waals surface area contributed by atoms with Crippen LogP contribution in [0.25, 0.3) is 6.08 Å². The lowest BCUT2D eigenvalue weighted by Crippen LogP contribution is -2.05. The number of cyclic esters (lactones) is 1. The summed E-state index contributed by atoms with van der Waals surface area (Å²) in [5.74, 6) is 1.12. The van der Waals surface area contributed by atoms with Crippen molar-refractivity contribution in [1.29, 1.82) is 0 Å². The van der Waals surface area contributed by atoms with Crippen molar-refractivity contribution in [1.82, 2.24) is 0 Å². The van der Waals surface area contributed by atoms with Gasteiger partial charge in [-0.3, -0.25) is 0 Å². The van der Waals surface area contributed by atoms with Crippen LogP contribution in [0.4, 0.5) is 0 Å². The highest BCUT2D eigenvalue weighted by Gasteiger charge is 2.26. The largest absolute Gasteiger partial charge is 0.454 e. The smallest absolute Gasteiger partial charge is 0.363 e. The maximum absolute atomic E-state index is 12.1. The third-order valence-corrected chi connectivity index (χ3v) is 3.97. The van der Waals surface area contributed by atoms with Crippen molar-refractivity contribution in [2.24, 2.45) is 4.99 Å². The van der Waals surface area contributed by atoms with Gasteiger partial charge in [-0.25, -0.2) is 9.79 Å². The first-order chi connectivity index (χ1) is 11.6. The van der Waals surface area contributed by atoms with Crippen LogP contribution in [0, 0.1) is 13.8 Å². The van der Waals surface area contributed by atoms with Gasteiger partial charge < -0.3 is 14.2 Å². The molecule has 0 atom stereocenters. The third-order valence-electron chi connectivity index (χ3n) is 3.97. The van der Waals surface area contributed by atoms with Crippen LogP contribution in [0.2, 0.25) is 0 Å². The molecule has 2 aromatic carbocycles. The first-order valence-corrected chi connectivity index (χ1v) is 7.60. The van der Waals surface area contributed by atoms with Crippen molar-refractivity contribution in [3.63, 3.8) is 0 Å². The molecule has 0 amide bonds. The van der Waals surface area contributed by atoms with Crippen molar-refractivity contribution >= 4 is 17.9 Å². The molecule has 4 rings (SSSR count). The number of carbonyl (C=O) groups is 1. The van der Waals surface area contributed by atoms with Crippen molar-refractivity contribution in [2.75, 3.05) is 6.79 Å². The van der Waals surface area contributed by atoms with Gasteiger partial charge in [-0.05, 0) is 49.2 Å². The highest BCUT2D eigenvalue weighted by molar-refractivity contribution is 6.13. The molecule has 5 heteroatoms. The number of ether oxygens (including phenoxy) is 3. The number of esters is 1. The number of benzene rings is 2. The summed E-state index contributed by atoms with van der Waals surface area (Å²) in [7, 11) is 0. The molecule has 0 saturated carbocycles. The molecular weight excluding hydrogens is 306 g/mol. The van der Waals surface area contributed by atoms with Gasteiger partial charge in [0.05, 0.1) is 0 Å². The maximum atomic E-state index is 12.1. The van der Waals surface area contributed by atoms with E-state index in [2.05, 4.69) is 4.99 Å². The van der Waals surface area contributed by atoms with Crippen LogP contribution in [0.1, 0.15) is 22.3 Å². The van der Waals surface area contributed by atoms with Crippen molar-refractivity contribution in [3.8, 4) is 11.5 Å². The number of rotatable bonds is 2. The SMILES string of the molecule is Cc1ccc(C)c(/C=C2\N=C(c3ccc4c(c3)OCO4)OC2=O)c1. The van der Waals surface area contributed by atoms with Crippen molar-refractivity contribution in [2.45, 2.75) is 13.8 Å². The Labute approximate surface area is 139 Å². The molecule has 120 valence electrons. The van der Waals surface area contributed by atoms with E-state index in [9.17, 15) is 4.79 Å². The molecule has 0 aliphatic carbocycles. The first kappa shape index (κ1) is 14.5. The molecule has 24 heavy (non-hydrogen) atoms. The quantitative estimate of drug-likeness (QED) is 0.628. The summed E-state index contributed by atoms with van der Waals surface area (Å²) < 4.78 is 15.9. The molecule has 0 aromatic heterocycles. The number of aryl methyl sites for hydroxylation is 2. The van der Waals surface area contributed by atoms with E-state index in [-0.39, 0.29) is 18.4 Å². The molecule has 5 nitrogen and oxygen atoms in total. The van der Waals surface area contributed by atoms with Crippen LogP contribution >= 0.6 is 0 Å². The summed E-state index contributed by atoms with van der Waals surface area (Å²) in [6.45, 7) is 4.20. The molecule has 0 N–H and O–H groups in total. The zero-order valence-corrected chi connectivity index (χ0v) is 13.3. The zero-order chi connectivity index (χ0) is 16.7. The normalized spacial score (nSPS) is 17.2. The second-order valence-electron chi connectivity index (χ2n) is 5.76. The third kappa shape index (κ3) is 2.54. The van der Waals surface area contributed by atoms with E-state index >= 15 is 0 Å². The van der Waals surface area contributed by atoms with Gasteiger partial charge in [0.25, 0.3) is 0 Å². The fourth-order valence-electron chi connectivity index (χ4n) is 2.62. The summed E-state index contributed by atoms with van der Waals surface area (Å²) in [6, 6.07) is 11.4. The second kappa shape index (κ2) is 5.53. The maximum Gasteiger partial charge on any atom is 0.363 e. The fraction of sp³-hybridized carbons (Fsp3) is 0.158. The molecule has 0 bridgehead atoms. The number of aliphatic imine (C=N–C) groups is 1. The van der Waals surface area contributed by atoms with Crippen molar-refractivity contribution in [3.05, 3.63) is 64.3 Å². The molecule has 0 spiro atoms. The molecule has 0 fully saturated rings. The van der Waals surface area contributed by atoms with Crippen molar-refractivity contribution < 1.29 is 19.0 Å². The van der Waals surface area contributed by atoms with Crippen LogP contribution < -0.4 is 9.47 Å². The molecule has 2 aliphatic rings. The van der Waals surface area contributed by atoms with Crippen LogP contribution in [-0.2, 0) is 9.53 Å². The Bertz CT molecular complexity index is 912. The number of hydrogen-bond donors (Lipinski definition) is 0. The Hall–Kier alpha value is -3.08. The summed E-state index contributed by atoms with van der Waals surface area (Å²) in [5.41, 5.74) is 4.12. The van der Waals surface area contributed by atoms with Gasteiger partial charge in [0.1, 0.15) is 0 Å². The monoisotopic (exact) mass is 321 g/mol. The average molecular weight is 321 g/mol. The van der Waals surface area contributed by atoms with Crippen LogP contribution in [0.15, 0.2) is 47.1 Å². The molecular formula is C19H15NO4. The van der Waals surface area contributed by atoms with Gasteiger partial charge in [-0.1, -0.05) is 23.8 Å². The topological polar surface area (TPSA) is 57.1 Å². The number of hydrogen-bond acceptors (Lipinski definition) is 5. The van der Waals surface area contributed by atoms with Gasteiger partial charge in [0, 0.05) is 5.56 Å². The van der Waals surface area contributed by atoms with E-state index in [0.717, 1.165) is 16.7 Å². The van der Waals surface area contributed by atoms with Crippen LogP contribution in [0.3, 0.4) is 0 Å². The Morgan fingerprint density at radius 3 is 2.75 bits per heavy atom. The minimum absolute atomic E-state index is 0.197. The average Bonchev–Trinajstić information content (AvgIpc) is 3.17. The molecule has 0 unspecified atom stereocenters. The predicted octanol–water partition coefficient (Wildman–Crippen LogP) is 3.38. The highest BCUT2D eigenvalue weighted by atomic mass is 16.7. The van der Waals surface area contributed by atoms with Gasteiger partial charge >= 0.3 is 5.97 Å². The highest BCUT2D eigenvalue weighted by Crippen LogP contribution is 2.33.